The van der Waals surface area contributed by atoms with Crippen molar-refractivity contribution in [2.75, 3.05) is 26.8 Å². The van der Waals surface area contributed by atoms with Gasteiger partial charge in [-0.3, -0.25) is 4.68 Å². The largest absolute Gasteiger partial charge is 0.383 e. The lowest BCUT2D eigenvalue weighted by Gasteiger charge is -2.04. The molecule has 0 fully saturated rings. The predicted octanol–water partition coefficient (Wildman–Crippen LogP) is 1.63. The predicted molar refractivity (Wildman–Crippen MR) is 65.7 cm³/mol. The van der Waals surface area contributed by atoms with Gasteiger partial charge in [-0.25, -0.2) is 0 Å². The van der Waals surface area contributed by atoms with Crippen molar-refractivity contribution in [3.05, 3.63) is 18.0 Å². The summed E-state index contributed by atoms with van der Waals surface area (Å²) < 4.78 is 6.98. The van der Waals surface area contributed by atoms with Crippen LogP contribution in [0.5, 0.6) is 0 Å². The summed E-state index contributed by atoms with van der Waals surface area (Å²) in [7, 11) is 1.72. The van der Waals surface area contributed by atoms with Gasteiger partial charge in [0, 0.05) is 26.4 Å². The van der Waals surface area contributed by atoms with E-state index in [1.165, 1.54) is 5.69 Å². The van der Waals surface area contributed by atoms with Gasteiger partial charge in [-0.15, -0.1) is 0 Å². The average Bonchev–Trinajstić information content (AvgIpc) is 2.72. The smallest absolute Gasteiger partial charge is 0.0649 e. The summed E-state index contributed by atoms with van der Waals surface area (Å²) in [6.45, 7) is 8.02. The SMILES string of the molecule is COCCNCCCn1ccc(C(C)C)n1. The summed E-state index contributed by atoms with van der Waals surface area (Å²) in [5.41, 5.74) is 1.17. The standard InChI is InChI=1S/C12H23N3O/c1-11(2)12-5-9-15(14-12)8-4-6-13-7-10-16-3/h5,9,11,13H,4,6-8,10H2,1-3H3. The van der Waals surface area contributed by atoms with Crippen LogP contribution in [-0.4, -0.2) is 36.6 Å². The maximum Gasteiger partial charge on any atom is 0.0649 e. The molecular formula is C12H23N3O. The Morgan fingerprint density at radius 2 is 2.25 bits per heavy atom. The van der Waals surface area contributed by atoms with Crippen molar-refractivity contribution >= 4 is 0 Å². The van der Waals surface area contributed by atoms with Crippen molar-refractivity contribution in [3.63, 3.8) is 0 Å². The maximum absolute atomic E-state index is 4.96. The number of hydrogen-bond acceptors (Lipinski definition) is 3. The molecule has 0 bridgehead atoms. The van der Waals surface area contributed by atoms with Crippen LogP contribution in [0.15, 0.2) is 12.3 Å². The van der Waals surface area contributed by atoms with Crippen LogP contribution in [0.3, 0.4) is 0 Å². The fourth-order valence-electron chi connectivity index (χ4n) is 1.48. The van der Waals surface area contributed by atoms with Crippen LogP contribution in [0, 0.1) is 0 Å². The summed E-state index contributed by atoms with van der Waals surface area (Å²) in [6.07, 6.45) is 3.16. The van der Waals surface area contributed by atoms with Crippen LogP contribution in [0.1, 0.15) is 31.9 Å². The van der Waals surface area contributed by atoms with Crippen LogP contribution < -0.4 is 5.32 Å². The number of aryl methyl sites for hydroxylation is 1. The Hall–Kier alpha value is -0.870. The summed E-state index contributed by atoms with van der Waals surface area (Å²) >= 11 is 0. The quantitative estimate of drug-likeness (QED) is 0.684. The first kappa shape index (κ1) is 13.2. The molecule has 92 valence electrons. The highest BCUT2D eigenvalue weighted by Crippen LogP contribution is 2.10. The molecule has 1 aromatic rings. The zero-order chi connectivity index (χ0) is 11.8. The van der Waals surface area contributed by atoms with E-state index in [1.807, 2.05) is 4.68 Å². The highest BCUT2D eigenvalue weighted by molar-refractivity contribution is 5.03. The van der Waals surface area contributed by atoms with Crippen molar-refractivity contribution in [2.45, 2.75) is 32.7 Å². The minimum Gasteiger partial charge on any atom is -0.383 e. The topological polar surface area (TPSA) is 39.1 Å². The third kappa shape index (κ3) is 4.77. The minimum absolute atomic E-state index is 0.515. The number of ether oxygens (including phenoxy) is 1. The van der Waals surface area contributed by atoms with Gasteiger partial charge in [-0.1, -0.05) is 13.8 Å². The number of hydrogen-bond donors (Lipinski definition) is 1. The second kappa shape index (κ2) is 7.41. The van der Waals surface area contributed by atoms with Crippen LogP contribution in [0.2, 0.25) is 0 Å². The van der Waals surface area contributed by atoms with Crippen molar-refractivity contribution < 1.29 is 4.74 Å². The lowest BCUT2D eigenvalue weighted by molar-refractivity contribution is 0.199. The third-order valence-electron chi connectivity index (χ3n) is 2.48. The fourth-order valence-corrected chi connectivity index (χ4v) is 1.48. The van der Waals surface area contributed by atoms with Crippen molar-refractivity contribution in [3.8, 4) is 0 Å². The molecule has 4 heteroatoms. The van der Waals surface area contributed by atoms with Gasteiger partial charge in [0.1, 0.15) is 0 Å². The summed E-state index contributed by atoms with van der Waals surface area (Å²) in [5, 5.41) is 7.83. The zero-order valence-corrected chi connectivity index (χ0v) is 10.6. The van der Waals surface area contributed by atoms with Crippen molar-refractivity contribution in [1.82, 2.24) is 15.1 Å². The first-order valence-corrected chi connectivity index (χ1v) is 5.97. The Morgan fingerprint density at radius 3 is 2.88 bits per heavy atom. The van der Waals surface area contributed by atoms with E-state index in [4.69, 9.17) is 4.74 Å². The average molecular weight is 225 g/mol. The molecule has 4 nitrogen and oxygen atoms in total. The molecule has 1 heterocycles. The number of nitrogens with one attached hydrogen (secondary N) is 1. The number of rotatable bonds is 8. The highest BCUT2D eigenvalue weighted by Gasteiger charge is 2.02. The van der Waals surface area contributed by atoms with Gasteiger partial charge in [-0.05, 0) is 24.9 Å². The number of aromatic nitrogens is 2. The molecule has 1 N–H and O–H groups in total. The minimum atomic E-state index is 0.515. The second-order valence-corrected chi connectivity index (χ2v) is 4.25. The molecule has 0 unspecified atom stereocenters. The number of methoxy groups -OCH3 is 1. The van der Waals surface area contributed by atoms with Gasteiger partial charge in [0.05, 0.1) is 12.3 Å². The van der Waals surface area contributed by atoms with E-state index < -0.39 is 0 Å². The molecule has 0 aliphatic carbocycles. The summed E-state index contributed by atoms with van der Waals surface area (Å²) in [5.74, 6) is 0.515. The molecule has 1 aromatic heterocycles. The Bertz CT molecular complexity index is 284. The van der Waals surface area contributed by atoms with Crippen LogP contribution in [0.4, 0.5) is 0 Å². The second-order valence-electron chi connectivity index (χ2n) is 4.25. The Kier molecular flexibility index (Phi) is 6.11. The summed E-state index contributed by atoms with van der Waals surface area (Å²) in [4.78, 5) is 0. The molecule has 0 saturated heterocycles. The molecule has 0 aliphatic heterocycles. The van der Waals surface area contributed by atoms with Crippen LogP contribution in [0.25, 0.3) is 0 Å². The molecular weight excluding hydrogens is 202 g/mol. The van der Waals surface area contributed by atoms with Gasteiger partial charge in [0.15, 0.2) is 0 Å². The Morgan fingerprint density at radius 1 is 1.44 bits per heavy atom. The lowest BCUT2D eigenvalue weighted by Crippen LogP contribution is -2.21. The molecule has 0 atom stereocenters. The maximum atomic E-state index is 4.96. The molecule has 16 heavy (non-hydrogen) atoms. The van der Waals surface area contributed by atoms with Gasteiger partial charge in [-0.2, -0.15) is 5.10 Å². The molecule has 0 saturated carbocycles. The van der Waals surface area contributed by atoms with Gasteiger partial charge in [0.2, 0.25) is 0 Å². The fraction of sp³-hybridized carbons (Fsp3) is 0.750. The monoisotopic (exact) mass is 225 g/mol. The van der Waals surface area contributed by atoms with E-state index >= 15 is 0 Å². The van der Waals surface area contributed by atoms with Gasteiger partial charge < -0.3 is 10.1 Å². The lowest BCUT2D eigenvalue weighted by atomic mass is 10.1. The Balaban J connectivity index is 2.12. The van der Waals surface area contributed by atoms with E-state index in [0.29, 0.717) is 5.92 Å². The van der Waals surface area contributed by atoms with E-state index in [-0.39, 0.29) is 0 Å². The first-order chi connectivity index (χ1) is 7.74. The molecule has 0 amide bonds. The molecule has 1 rings (SSSR count). The molecule has 0 spiro atoms. The Labute approximate surface area is 98.0 Å². The van der Waals surface area contributed by atoms with Crippen LogP contribution in [-0.2, 0) is 11.3 Å². The zero-order valence-electron chi connectivity index (χ0n) is 10.6. The number of nitrogens with zero attached hydrogens (tertiary/aromatic N) is 2. The highest BCUT2D eigenvalue weighted by atomic mass is 16.5. The van der Waals surface area contributed by atoms with E-state index in [1.54, 1.807) is 7.11 Å². The van der Waals surface area contributed by atoms with E-state index in [2.05, 4.69) is 36.5 Å². The molecule has 0 aliphatic rings. The van der Waals surface area contributed by atoms with E-state index in [9.17, 15) is 0 Å². The first-order valence-electron chi connectivity index (χ1n) is 5.97. The van der Waals surface area contributed by atoms with Crippen molar-refractivity contribution in [1.29, 1.82) is 0 Å². The summed E-state index contributed by atoms with van der Waals surface area (Å²) in [6, 6.07) is 2.10. The van der Waals surface area contributed by atoms with Gasteiger partial charge in [0.25, 0.3) is 0 Å². The van der Waals surface area contributed by atoms with Gasteiger partial charge >= 0.3 is 0 Å². The van der Waals surface area contributed by atoms with E-state index in [0.717, 1.165) is 32.7 Å². The molecule has 0 aromatic carbocycles. The third-order valence-corrected chi connectivity index (χ3v) is 2.48. The van der Waals surface area contributed by atoms with Crippen molar-refractivity contribution in [2.24, 2.45) is 0 Å². The normalized spacial score (nSPS) is 11.2. The van der Waals surface area contributed by atoms with Crippen LogP contribution >= 0.6 is 0 Å². The molecule has 0 radical (unpaired) electrons.